The molecule has 0 spiro atoms. The van der Waals surface area contributed by atoms with E-state index in [0.29, 0.717) is 37.1 Å². The van der Waals surface area contributed by atoms with Gasteiger partial charge in [0.05, 0.1) is 21.6 Å². The quantitative estimate of drug-likeness (QED) is 0.100. The smallest absolute Gasteiger partial charge is 0.263 e. The molecule has 0 amide bonds. The van der Waals surface area contributed by atoms with Gasteiger partial charge >= 0.3 is 0 Å². The Bertz CT molecular complexity index is 2790. The van der Waals surface area contributed by atoms with Gasteiger partial charge in [0.15, 0.2) is 0 Å². The lowest BCUT2D eigenvalue weighted by Gasteiger charge is -2.21. The van der Waals surface area contributed by atoms with E-state index >= 15 is 0 Å². The summed E-state index contributed by atoms with van der Waals surface area (Å²) in [4.78, 5) is 3.83. The standard InChI is InChI=1S/C39H35Cl3N2O7S3/c1-5-23-13-11-14-24(6-2)38(23)43-30-21-32-28(19-35(30)53(41,47)48)37(27-17-9-10-18-34(27)52(40,45)46)29-20-36(54(42,49)50)31(22-33(29)51-32)44-39-25(7-3)15-12-16-26(39)8-4/h9-22,43H,5-8H2,1-4H3. The van der Waals surface area contributed by atoms with E-state index in [4.69, 9.17) is 41.5 Å². The molecule has 0 fully saturated rings. The topological polar surface area (TPSA) is 140 Å². The minimum atomic E-state index is -4.50. The number of aryl methyl sites for hydroxylation is 4. The molecule has 0 unspecified atom stereocenters. The average Bonchev–Trinajstić information content (AvgIpc) is 3.12. The van der Waals surface area contributed by atoms with Crippen LogP contribution in [0.15, 0.2) is 109 Å². The number of benzene rings is 5. The number of para-hydroxylation sites is 2. The summed E-state index contributed by atoms with van der Waals surface area (Å²) in [6.45, 7) is 7.89. The van der Waals surface area contributed by atoms with Crippen LogP contribution in [0.3, 0.4) is 0 Å². The van der Waals surface area contributed by atoms with Crippen LogP contribution >= 0.6 is 32.0 Å². The van der Waals surface area contributed by atoms with Crippen molar-refractivity contribution in [3.8, 4) is 22.5 Å². The van der Waals surface area contributed by atoms with Crippen molar-refractivity contribution in [2.24, 2.45) is 4.99 Å². The molecule has 0 saturated carbocycles. The maximum absolute atomic E-state index is 13.3. The van der Waals surface area contributed by atoms with Crippen LogP contribution in [0.4, 0.5) is 17.1 Å². The predicted octanol–water partition coefficient (Wildman–Crippen LogP) is 10.2. The first-order valence-electron chi connectivity index (χ1n) is 17.0. The van der Waals surface area contributed by atoms with Crippen LogP contribution in [0.2, 0.25) is 0 Å². The van der Waals surface area contributed by atoms with E-state index in [0.717, 1.165) is 22.3 Å². The molecule has 15 heteroatoms. The fraction of sp³-hybridized carbons (Fsp3) is 0.205. The first-order chi connectivity index (χ1) is 25.5. The number of nitrogens with zero attached hydrogens (tertiary/aromatic N) is 1. The SMILES string of the molecule is CCc1cccc(CC)c1N=c1cc2oc3cc(Nc4c(CC)cccc4CC)c(S(=O)(=O)Cl)cc3c(-c3ccccc3S(=O)(=O)Cl)c-2cc1S(=O)(=O)Cl. The number of hydrogen-bond acceptors (Lipinski definition) is 9. The van der Waals surface area contributed by atoms with Gasteiger partial charge in [-0.25, -0.2) is 30.2 Å². The van der Waals surface area contributed by atoms with Crippen molar-refractivity contribution in [1.29, 1.82) is 0 Å². The van der Waals surface area contributed by atoms with E-state index in [2.05, 4.69) is 5.32 Å². The van der Waals surface area contributed by atoms with E-state index < -0.39 is 27.2 Å². The van der Waals surface area contributed by atoms with Crippen molar-refractivity contribution in [3.63, 3.8) is 0 Å². The number of hydrogen-bond donors (Lipinski definition) is 1. The van der Waals surface area contributed by atoms with E-state index in [1.54, 1.807) is 6.07 Å². The van der Waals surface area contributed by atoms with E-state index in [9.17, 15) is 25.3 Å². The highest BCUT2D eigenvalue weighted by Gasteiger charge is 2.29. The van der Waals surface area contributed by atoms with Crippen molar-refractivity contribution in [2.45, 2.75) is 68.1 Å². The molecule has 6 rings (SSSR count). The summed E-state index contributed by atoms with van der Waals surface area (Å²) in [6, 6.07) is 22.8. The van der Waals surface area contributed by atoms with Gasteiger partial charge in [-0.05, 0) is 66.1 Å². The van der Waals surface area contributed by atoms with Gasteiger partial charge in [0.25, 0.3) is 27.2 Å². The molecule has 1 aliphatic heterocycles. The lowest BCUT2D eigenvalue weighted by molar-refractivity contribution is 0.605. The number of anilines is 2. The summed E-state index contributed by atoms with van der Waals surface area (Å²) >= 11 is 0. The lowest BCUT2D eigenvalue weighted by atomic mass is 9.93. The lowest BCUT2D eigenvalue weighted by Crippen LogP contribution is -2.14. The molecule has 0 saturated heterocycles. The molecule has 1 aliphatic carbocycles. The third-order valence-electron chi connectivity index (χ3n) is 9.30. The van der Waals surface area contributed by atoms with Gasteiger partial charge in [0.2, 0.25) is 0 Å². The molecule has 1 N–H and O–H groups in total. The minimum Gasteiger partial charge on any atom is -0.456 e. The van der Waals surface area contributed by atoms with Crippen LogP contribution in [0, 0.1) is 0 Å². The Kier molecular flexibility index (Phi) is 11.3. The number of rotatable bonds is 11. The van der Waals surface area contributed by atoms with Crippen LogP contribution in [0.5, 0.6) is 0 Å². The maximum atomic E-state index is 13.3. The fourth-order valence-electron chi connectivity index (χ4n) is 6.71. The normalized spacial score (nSPS) is 12.8. The summed E-state index contributed by atoms with van der Waals surface area (Å²) < 4.78 is 85.7. The fourth-order valence-corrected chi connectivity index (χ4v) is 9.78. The second-order valence-electron chi connectivity index (χ2n) is 12.5. The van der Waals surface area contributed by atoms with Crippen LogP contribution in [0.25, 0.3) is 33.4 Å². The first-order valence-corrected chi connectivity index (χ1v) is 24.0. The summed E-state index contributed by atoms with van der Waals surface area (Å²) in [5.41, 5.74) is 5.42. The number of nitrogens with one attached hydrogen (secondary N) is 1. The van der Waals surface area contributed by atoms with Crippen molar-refractivity contribution in [3.05, 3.63) is 113 Å². The van der Waals surface area contributed by atoms with Crippen molar-refractivity contribution >= 4 is 87.2 Å². The maximum Gasteiger partial charge on any atom is 0.263 e. The van der Waals surface area contributed by atoms with Crippen LogP contribution in [0.1, 0.15) is 49.9 Å². The summed E-state index contributed by atoms with van der Waals surface area (Å²) in [7, 11) is 4.79. The summed E-state index contributed by atoms with van der Waals surface area (Å²) in [5.74, 6) is 0.102. The molecule has 4 aromatic carbocycles. The molecule has 0 radical (unpaired) electrons. The zero-order valence-corrected chi connectivity index (χ0v) is 34.3. The molecule has 4 aromatic rings. The molecule has 0 aromatic heterocycles. The third kappa shape index (κ3) is 7.78. The molecular formula is C39H35Cl3N2O7S3. The third-order valence-corrected chi connectivity index (χ3v) is 13.4. The molecule has 1 heterocycles. The highest BCUT2D eigenvalue weighted by Crippen LogP contribution is 2.46. The van der Waals surface area contributed by atoms with Gasteiger partial charge in [0, 0.05) is 71.9 Å². The Morgan fingerprint density at radius 1 is 0.593 bits per heavy atom. The number of fused-ring (bicyclic) bond motifs is 2. The summed E-state index contributed by atoms with van der Waals surface area (Å²) in [5, 5.41) is 3.39. The summed E-state index contributed by atoms with van der Waals surface area (Å²) in [6.07, 6.45) is 2.53. The Morgan fingerprint density at radius 3 is 1.67 bits per heavy atom. The van der Waals surface area contributed by atoms with Crippen molar-refractivity contribution in [1.82, 2.24) is 0 Å². The zero-order valence-electron chi connectivity index (χ0n) is 29.6. The zero-order chi connectivity index (χ0) is 39.2. The highest BCUT2D eigenvalue weighted by molar-refractivity contribution is 8.14. The van der Waals surface area contributed by atoms with E-state index in [1.165, 1.54) is 42.5 Å². The Morgan fingerprint density at radius 2 is 1.13 bits per heavy atom. The van der Waals surface area contributed by atoms with Gasteiger partial charge in [0.1, 0.15) is 21.1 Å². The van der Waals surface area contributed by atoms with Crippen LogP contribution in [-0.4, -0.2) is 25.3 Å². The van der Waals surface area contributed by atoms with E-state index in [-0.39, 0.29) is 59.2 Å². The predicted molar refractivity (Wildman–Crippen MR) is 216 cm³/mol. The largest absolute Gasteiger partial charge is 0.456 e. The molecule has 9 nitrogen and oxygen atoms in total. The highest BCUT2D eigenvalue weighted by atomic mass is 35.7. The van der Waals surface area contributed by atoms with Crippen LogP contribution in [-0.2, 0) is 52.8 Å². The monoisotopic (exact) mass is 844 g/mol. The first kappa shape index (κ1) is 39.8. The molecule has 0 atom stereocenters. The second kappa shape index (κ2) is 15.3. The molecule has 0 bridgehead atoms. The minimum absolute atomic E-state index is 0.0110. The molecule has 282 valence electrons. The molecule has 54 heavy (non-hydrogen) atoms. The van der Waals surface area contributed by atoms with Gasteiger partial charge < -0.3 is 9.73 Å². The van der Waals surface area contributed by atoms with Gasteiger partial charge in [-0.2, -0.15) is 0 Å². The molecular weight excluding hydrogens is 811 g/mol. The second-order valence-corrected chi connectivity index (χ2v) is 20.1. The number of halogens is 3. The average molecular weight is 846 g/mol. The van der Waals surface area contributed by atoms with Gasteiger partial charge in [-0.1, -0.05) is 82.3 Å². The Balaban J connectivity index is 1.83. The van der Waals surface area contributed by atoms with Crippen molar-refractivity contribution < 1.29 is 29.7 Å². The van der Waals surface area contributed by atoms with Gasteiger partial charge in [-0.3, -0.25) is 0 Å². The van der Waals surface area contributed by atoms with Crippen molar-refractivity contribution in [2.75, 3.05) is 5.32 Å². The van der Waals surface area contributed by atoms with Crippen LogP contribution < -0.4 is 10.7 Å². The molecule has 2 aliphatic rings. The Hall–Kier alpha value is -3.91. The van der Waals surface area contributed by atoms with Gasteiger partial charge in [-0.15, -0.1) is 0 Å². The van der Waals surface area contributed by atoms with E-state index in [1.807, 2.05) is 64.1 Å². The Labute approximate surface area is 328 Å².